The molecular weight excluding hydrogens is 226 g/mol. The van der Waals surface area contributed by atoms with Gasteiger partial charge in [-0.3, -0.25) is 4.90 Å². The summed E-state index contributed by atoms with van der Waals surface area (Å²) in [6, 6.07) is 0.769. The van der Waals surface area contributed by atoms with Gasteiger partial charge in [0.05, 0.1) is 18.6 Å². The number of hydrogen-bond donors (Lipinski definition) is 1. The molecule has 1 saturated heterocycles. The molecule has 0 saturated carbocycles. The highest BCUT2D eigenvalue weighted by molar-refractivity contribution is 5.00. The zero-order valence-corrected chi connectivity index (χ0v) is 11.5. The molecule has 1 aromatic rings. The fourth-order valence-corrected chi connectivity index (χ4v) is 2.78. The Morgan fingerprint density at radius 3 is 2.94 bits per heavy atom. The maximum atomic E-state index is 9.53. The smallest absolute Gasteiger partial charge is 0.0951 e. The Labute approximate surface area is 110 Å². The molecule has 1 N–H and O–H groups in total. The van der Waals surface area contributed by atoms with E-state index in [-0.39, 0.29) is 6.61 Å². The van der Waals surface area contributed by atoms with Gasteiger partial charge in [-0.05, 0) is 33.2 Å². The van der Waals surface area contributed by atoms with Gasteiger partial charge in [0.1, 0.15) is 0 Å². The van der Waals surface area contributed by atoms with Crippen LogP contribution in [-0.4, -0.2) is 38.8 Å². The van der Waals surface area contributed by atoms with Crippen molar-refractivity contribution in [2.75, 3.05) is 13.2 Å². The van der Waals surface area contributed by atoms with Crippen molar-refractivity contribution in [2.24, 2.45) is 0 Å². The first kappa shape index (κ1) is 13.6. The lowest BCUT2D eigenvalue weighted by Gasteiger charge is -2.29. The Morgan fingerprint density at radius 2 is 2.22 bits per heavy atom. The second kappa shape index (κ2) is 6.34. The van der Waals surface area contributed by atoms with Gasteiger partial charge in [-0.15, -0.1) is 0 Å². The number of hydrogen-bond acceptors (Lipinski definition) is 3. The first-order valence-electron chi connectivity index (χ1n) is 7.08. The average Bonchev–Trinajstić information content (AvgIpc) is 2.69. The summed E-state index contributed by atoms with van der Waals surface area (Å²) in [5.74, 6) is 0. The van der Waals surface area contributed by atoms with E-state index in [2.05, 4.69) is 28.3 Å². The SMILES string of the molecule is CC(C)n1cncc1CN1CCCCCC1CO. The molecule has 4 heteroatoms. The largest absolute Gasteiger partial charge is 0.395 e. The van der Waals surface area contributed by atoms with Crippen molar-refractivity contribution < 1.29 is 5.11 Å². The fourth-order valence-electron chi connectivity index (χ4n) is 2.78. The minimum atomic E-state index is 0.274. The summed E-state index contributed by atoms with van der Waals surface area (Å²) in [5, 5.41) is 9.53. The Kier molecular flexibility index (Phi) is 4.78. The normalized spacial score (nSPS) is 22.3. The molecule has 102 valence electrons. The monoisotopic (exact) mass is 251 g/mol. The third kappa shape index (κ3) is 3.12. The highest BCUT2D eigenvalue weighted by Gasteiger charge is 2.21. The maximum Gasteiger partial charge on any atom is 0.0951 e. The van der Waals surface area contributed by atoms with Crippen molar-refractivity contribution in [1.82, 2.24) is 14.5 Å². The van der Waals surface area contributed by atoms with Crippen LogP contribution in [0.3, 0.4) is 0 Å². The van der Waals surface area contributed by atoms with E-state index in [1.807, 2.05) is 12.5 Å². The molecular formula is C14H25N3O. The van der Waals surface area contributed by atoms with Gasteiger partial charge in [-0.2, -0.15) is 0 Å². The van der Waals surface area contributed by atoms with E-state index < -0.39 is 0 Å². The second-order valence-corrected chi connectivity index (χ2v) is 5.54. The van der Waals surface area contributed by atoms with Gasteiger partial charge in [0, 0.05) is 24.8 Å². The van der Waals surface area contributed by atoms with Gasteiger partial charge in [0.15, 0.2) is 0 Å². The molecule has 1 aliphatic heterocycles. The fraction of sp³-hybridized carbons (Fsp3) is 0.786. The van der Waals surface area contributed by atoms with Crippen LogP contribution in [0.2, 0.25) is 0 Å². The molecule has 1 atom stereocenters. The predicted octanol–water partition coefficient (Wildman–Crippen LogP) is 2.20. The van der Waals surface area contributed by atoms with Gasteiger partial charge in [-0.1, -0.05) is 12.8 Å². The third-order valence-corrected chi connectivity index (χ3v) is 3.88. The Hall–Kier alpha value is -0.870. The van der Waals surface area contributed by atoms with Crippen molar-refractivity contribution >= 4 is 0 Å². The molecule has 0 radical (unpaired) electrons. The van der Waals surface area contributed by atoms with Gasteiger partial charge in [-0.25, -0.2) is 4.98 Å². The lowest BCUT2D eigenvalue weighted by molar-refractivity contribution is 0.116. The van der Waals surface area contributed by atoms with E-state index in [0.717, 1.165) is 19.5 Å². The summed E-state index contributed by atoms with van der Waals surface area (Å²) in [4.78, 5) is 6.68. The van der Waals surface area contributed by atoms with Crippen LogP contribution in [0.5, 0.6) is 0 Å². The van der Waals surface area contributed by atoms with Crippen LogP contribution in [-0.2, 0) is 6.54 Å². The maximum absolute atomic E-state index is 9.53. The Morgan fingerprint density at radius 1 is 1.39 bits per heavy atom. The summed E-state index contributed by atoms with van der Waals surface area (Å²) in [6.07, 6.45) is 8.76. The van der Waals surface area contributed by atoms with Crippen molar-refractivity contribution in [3.05, 3.63) is 18.2 Å². The predicted molar refractivity (Wildman–Crippen MR) is 72.4 cm³/mol. The minimum Gasteiger partial charge on any atom is -0.395 e. The molecule has 0 amide bonds. The Balaban J connectivity index is 2.07. The molecule has 0 aliphatic carbocycles. The molecule has 0 bridgehead atoms. The van der Waals surface area contributed by atoms with Crippen LogP contribution in [0.15, 0.2) is 12.5 Å². The van der Waals surface area contributed by atoms with E-state index in [4.69, 9.17) is 0 Å². The molecule has 4 nitrogen and oxygen atoms in total. The second-order valence-electron chi connectivity index (χ2n) is 5.54. The third-order valence-electron chi connectivity index (χ3n) is 3.88. The molecule has 1 aromatic heterocycles. The van der Waals surface area contributed by atoms with E-state index in [1.165, 1.54) is 25.0 Å². The number of aliphatic hydroxyl groups excluding tert-OH is 1. The summed E-state index contributed by atoms with van der Waals surface area (Å²) >= 11 is 0. The van der Waals surface area contributed by atoms with E-state index in [9.17, 15) is 5.11 Å². The van der Waals surface area contributed by atoms with Crippen LogP contribution in [0.4, 0.5) is 0 Å². The number of aromatic nitrogens is 2. The van der Waals surface area contributed by atoms with E-state index >= 15 is 0 Å². The van der Waals surface area contributed by atoms with Crippen LogP contribution in [0.1, 0.15) is 51.3 Å². The van der Waals surface area contributed by atoms with Gasteiger partial charge in [0.2, 0.25) is 0 Å². The van der Waals surface area contributed by atoms with Crippen LogP contribution in [0, 0.1) is 0 Å². The van der Waals surface area contributed by atoms with Gasteiger partial charge < -0.3 is 9.67 Å². The first-order valence-corrected chi connectivity index (χ1v) is 7.08. The van der Waals surface area contributed by atoms with Crippen LogP contribution >= 0.6 is 0 Å². The van der Waals surface area contributed by atoms with Crippen LogP contribution < -0.4 is 0 Å². The summed E-state index contributed by atoms with van der Waals surface area (Å²) in [5.41, 5.74) is 1.25. The standard InChI is InChI=1S/C14H25N3O/c1-12(2)17-11-15-8-14(17)9-16-7-5-3-4-6-13(16)10-18/h8,11-13,18H,3-7,9-10H2,1-2H3. The quantitative estimate of drug-likeness (QED) is 0.892. The van der Waals surface area contributed by atoms with Gasteiger partial charge in [0.25, 0.3) is 0 Å². The first-order chi connectivity index (χ1) is 8.72. The highest BCUT2D eigenvalue weighted by atomic mass is 16.3. The molecule has 0 aromatic carbocycles. The molecule has 1 aliphatic rings. The lowest BCUT2D eigenvalue weighted by atomic mass is 10.1. The number of rotatable bonds is 4. The van der Waals surface area contributed by atoms with Crippen LogP contribution in [0.25, 0.3) is 0 Å². The molecule has 0 spiro atoms. The minimum absolute atomic E-state index is 0.274. The van der Waals surface area contributed by atoms with Gasteiger partial charge >= 0.3 is 0 Å². The Bertz CT molecular complexity index is 362. The average molecular weight is 251 g/mol. The van der Waals surface area contributed by atoms with E-state index in [1.54, 1.807) is 0 Å². The summed E-state index contributed by atoms with van der Waals surface area (Å²) < 4.78 is 2.22. The highest BCUT2D eigenvalue weighted by Crippen LogP contribution is 2.20. The van der Waals surface area contributed by atoms with E-state index in [0.29, 0.717) is 12.1 Å². The number of aliphatic hydroxyl groups is 1. The number of nitrogens with zero attached hydrogens (tertiary/aromatic N) is 3. The zero-order chi connectivity index (χ0) is 13.0. The van der Waals surface area contributed by atoms with Crippen molar-refractivity contribution in [2.45, 2.75) is 58.2 Å². The van der Waals surface area contributed by atoms with Crippen molar-refractivity contribution in [1.29, 1.82) is 0 Å². The number of likely N-dealkylation sites (tertiary alicyclic amines) is 1. The summed E-state index contributed by atoms with van der Waals surface area (Å²) in [7, 11) is 0. The summed E-state index contributed by atoms with van der Waals surface area (Å²) in [6.45, 7) is 6.63. The molecule has 2 rings (SSSR count). The zero-order valence-electron chi connectivity index (χ0n) is 11.5. The topological polar surface area (TPSA) is 41.3 Å². The molecule has 1 fully saturated rings. The van der Waals surface area contributed by atoms with Crippen molar-refractivity contribution in [3.63, 3.8) is 0 Å². The molecule has 18 heavy (non-hydrogen) atoms. The lowest BCUT2D eigenvalue weighted by Crippen LogP contribution is -2.37. The number of imidazole rings is 1. The molecule has 1 unspecified atom stereocenters. The van der Waals surface area contributed by atoms with Crippen molar-refractivity contribution in [3.8, 4) is 0 Å². The molecule has 2 heterocycles.